The summed E-state index contributed by atoms with van der Waals surface area (Å²) in [6.07, 6.45) is 0. The summed E-state index contributed by atoms with van der Waals surface area (Å²) in [5, 5.41) is 0. The van der Waals surface area contributed by atoms with Gasteiger partial charge in [-0.2, -0.15) is 0 Å². The molecule has 1 nitrogen and oxygen atoms in total. The summed E-state index contributed by atoms with van der Waals surface area (Å²) in [5.41, 5.74) is 0. The van der Waals surface area contributed by atoms with Crippen LogP contribution >= 0.6 is 0 Å². The highest BCUT2D eigenvalue weighted by molar-refractivity contribution is 5.10. The molecule has 0 aliphatic carbocycles. The normalized spacial score (nSPS) is 2.00. The van der Waals surface area contributed by atoms with Gasteiger partial charge in [-0.15, -0.1) is 26.3 Å². The smallest absolute Gasteiger partial charge is 0.106 e. The van der Waals surface area contributed by atoms with Crippen molar-refractivity contribution in [2.75, 3.05) is 0 Å². The van der Waals surface area contributed by atoms with Crippen LogP contribution in [0.5, 0.6) is 0 Å². The molecule has 0 spiro atoms. The van der Waals surface area contributed by atoms with Crippen LogP contribution in [0.3, 0.4) is 0 Å². The van der Waals surface area contributed by atoms with E-state index in [4.69, 9.17) is 4.79 Å². The number of carbonyl (C=O) groups is 1. The quantitative estimate of drug-likeness (QED) is 0.407. The molecule has 0 saturated carbocycles. The lowest BCUT2D eigenvalue weighted by Gasteiger charge is -0.837. The third kappa shape index (κ3) is 20.2. The second-order valence-corrected chi connectivity index (χ2v) is 0. The first kappa shape index (κ1) is 19.2. The Hall–Kier alpha value is -0.850. The maximum absolute atomic E-state index is 8.00. The zero-order valence-corrected chi connectivity index (χ0v) is 3.94. The Morgan fingerprint density at radius 3 is 0.667 bits per heavy atom. The molecule has 0 bridgehead atoms. The lowest BCUT2D eigenvalue weighted by molar-refractivity contribution is -0.0979. The summed E-state index contributed by atoms with van der Waals surface area (Å²) in [6, 6.07) is 0. The largest absolute Gasteiger partial charge is 0.307 e. The number of hydrogen-bond acceptors (Lipinski definition) is 1. The van der Waals surface area contributed by atoms with Gasteiger partial charge in [0.2, 0.25) is 0 Å². The molecule has 1 heteroatoms. The lowest BCUT2D eigenvalue weighted by atomic mass is 11.3. The number of carbonyl (C=O) groups excluding carboxylic acids is 1. The average Bonchev–Trinajstić information content (AvgIpc) is 1.81. The molecule has 0 aromatic carbocycles. The third-order valence-corrected chi connectivity index (χ3v) is 0. The van der Waals surface area contributed by atoms with Crippen LogP contribution in [-0.2, 0) is 4.79 Å². The van der Waals surface area contributed by atoms with Gasteiger partial charge in [0.25, 0.3) is 0 Å². The summed E-state index contributed by atoms with van der Waals surface area (Å²) < 4.78 is 0. The summed E-state index contributed by atoms with van der Waals surface area (Å²) in [6.45, 7) is 14.0. The molecule has 0 N–H and O–H groups in total. The molecule has 0 amide bonds. The first-order chi connectivity index (χ1) is 3.00. The zero-order chi connectivity index (χ0) is 6.00. The van der Waals surface area contributed by atoms with Crippen LogP contribution in [-0.4, -0.2) is 6.79 Å². The van der Waals surface area contributed by atoms with E-state index in [-0.39, 0.29) is 0 Å². The molecule has 0 unspecified atom stereocenters. The van der Waals surface area contributed by atoms with E-state index in [9.17, 15) is 0 Å². The maximum Gasteiger partial charge on any atom is 0.106 e. The van der Waals surface area contributed by atoms with Gasteiger partial charge in [0, 0.05) is 0 Å². The number of rotatable bonds is 0. The minimum absolute atomic E-state index is 2.00. The van der Waals surface area contributed by atoms with E-state index in [1.807, 2.05) is 6.79 Å². The first-order valence-corrected chi connectivity index (χ1v) is 1.29. The summed E-state index contributed by atoms with van der Waals surface area (Å²) in [4.78, 5) is 8.00. The fourth-order valence-electron chi connectivity index (χ4n) is 0. The Morgan fingerprint density at radius 1 is 0.667 bits per heavy atom. The van der Waals surface area contributed by atoms with Gasteiger partial charge < -0.3 is 4.79 Å². The van der Waals surface area contributed by atoms with Gasteiger partial charge in [-0.3, -0.25) is 0 Å². The van der Waals surface area contributed by atoms with Crippen molar-refractivity contribution in [2.24, 2.45) is 0 Å². The molecule has 0 atom stereocenters. The van der Waals surface area contributed by atoms with Crippen molar-refractivity contribution in [1.82, 2.24) is 0 Å². The highest BCUT2D eigenvalue weighted by atomic mass is 16.1. The second-order valence-electron chi connectivity index (χ2n) is 0. The molecule has 0 heterocycles. The standard InChI is InChI=1S/2C2H4.CH2O/c3*1-2/h2*1-2H2;1H2. The average molecular weight is 86.1 g/mol. The Morgan fingerprint density at radius 2 is 0.667 bits per heavy atom. The van der Waals surface area contributed by atoms with Crippen LogP contribution in [0.25, 0.3) is 0 Å². The monoisotopic (exact) mass is 86.1 g/mol. The Bertz CT molecular complexity index is 8.66. The van der Waals surface area contributed by atoms with Gasteiger partial charge in [-0.25, -0.2) is 0 Å². The SMILES string of the molecule is C=C.C=C.C=O. The van der Waals surface area contributed by atoms with Crippen molar-refractivity contribution in [1.29, 1.82) is 0 Å². The van der Waals surface area contributed by atoms with Gasteiger partial charge in [-0.05, 0) is 0 Å². The molecule has 0 aromatic heterocycles. The Labute approximate surface area is 39.0 Å². The van der Waals surface area contributed by atoms with Crippen LogP contribution in [0.2, 0.25) is 0 Å². The molecular formula is C5H10O. The molecule has 0 aromatic rings. The number of hydrogen-bond donors (Lipinski definition) is 0. The van der Waals surface area contributed by atoms with Gasteiger partial charge in [-0.1, -0.05) is 0 Å². The van der Waals surface area contributed by atoms with Crippen molar-refractivity contribution >= 4 is 6.79 Å². The second kappa shape index (κ2) is 57.0. The van der Waals surface area contributed by atoms with Crippen molar-refractivity contribution in [3.63, 3.8) is 0 Å². The van der Waals surface area contributed by atoms with Crippen molar-refractivity contribution in [2.45, 2.75) is 0 Å². The molecule has 6 heavy (non-hydrogen) atoms. The van der Waals surface area contributed by atoms with Gasteiger partial charge in [0.15, 0.2) is 0 Å². The predicted molar refractivity (Wildman–Crippen MR) is 29.6 cm³/mol. The fourth-order valence-corrected chi connectivity index (χ4v) is 0. The minimum atomic E-state index is 2.00. The van der Waals surface area contributed by atoms with E-state index in [2.05, 4.69) is 26.3 Å². The Balaban J connectivity index is -0.0000000225. The highest BCUT2D eigenvalue weighted by Gasteiger charge is 0.637. The highest BCUT2D eigenvalue weighted by Crippen LogP contribution is 0.864. The summed E-state index contributed by atoms with van der Waals surface area (Å²) in [5.74, 6) is 0. The van der Waals surface area contributed by atoms with Crippen molar-refractivity contribution in [3.05, 3.63) is 26.3 Å². The molecule has 0 fully saturated rings. The first-order valence-electron chi connectivity index (χ1n) is 1.29. The van der Waals surface area contributed by atoms with Crippen LogP contribution < -0.4 is 0 Å². The summed E-state index contributed by atoms with van der Waals surface area (Å²) in [7, 11) is 0. The lowest BCUT2D eigenvalue weighted by Crippen LogP contribution is -0.925. The molecule has 0 aliphatic heterocycles. The molecular weight excluding hydrogens is 76.1 g/mol. The van der Waals surface area contributed by atoms with E-state index < -0.39 is 0 Å². The van der Waals surface area contributed by atoms with Crippen molar-refractivity contribution in [3.8, 4) is 0 Å². The molecule has 0 aliphatic rings. The van der Waals surface area contributed by atoms with Crippen molar-refractivity contribution < 1.29 is 4.79 Å². The molecule has 0 saturated heterocycles. The van der Waals surface area contributed by atoms with Crippen LogP contribution in [0.15, 0.2) is 26.3 Å². The molecule has 0 rings (SSSR count). The molecule has 36 valence electrons. The van der Waals surface area contributed by atoms with Crippen LogP contribution in [0.4, 0.5) is 0 Å². The van der Waals surface area contributed by atoms with E-state index >= 15 is 0 Å². The maximum atomic E-state index is 8.00. The zero-order valence-electron chi connectivity index (χ0n) is 3.94. The fraction of sp³-hybridized carbons (Fsp3) is 0. The third-order valence-electron chi connectivity index (χ3n) is 0. The summed E-state index contributed by atoms with van der Waals surface area (Å²) >= 11 is 0. The van der Waals surface area contributed by atoms with Crippen LogP contribution in [0.1, 0.15) is 0 Å². The predicted octanol–water partition coefficient (Wildman–Crippen LogP) is 1.42. The Kier molecular flexibility index (Phi) is 182. The van der Waals surface area contributed by atoms with Gasteiger partial charge in [0.1, 0.15) is 6.79 Å². The van der Waals surface area contributed by atoms with E-state index in [0.717, 1.165) is 0 Å². The van der Waals surface area contributed by atoms with E-state index in [1.165, 1.54) is 0 Å². The molecule has 0 radical (unpaired) electrons. The van der Waals surface area contributed by atoms with Crippen LogP contribution in [0, 0.1) is 0 Å². The van der Waals surface area contributed by atoms with Gasteiger partial charge >= 0.3 is 0 Å². The minimum Gasteiger partial charge on any atom is -0.307 e. The van der Waals surface area contributed by atoms with Gasteiger partial charge in [0.05, 0.1) is 0 Å². The van der Waals surface area contributed by atoms with E-state index in [1.54, 1.807) is 0 Å². The van der Waals surface area contributed by atoms with E-state index in [0.29, 0.717) is 0 Å². The topological polar surface area (TPSA) is 17.1 Å².